The number of hydrogen-bond donors (Lipinski definition) is 0. The van der Waals surface area contributed by atoms with Crippen molar-refractivity contribution >= 4 is 34.2 Å². The van der Waals surface area contributed by atoms with E-state index in [2.05, 4.69) is 218 Å². The highest BCUT2D eigenvalue weighted by Crippen LogP contribution is 2.17. The maximum absolute atomic E-state index is 5.32. The fourth-order valence-electron chi connectivity index (χ4n) is 10.3. The van der Waals surface area contributed by atoms with E-state index in [4.69, 9.17) is 30.0 Å². The summed E-state index contributed by atoms with van der Waals surface area (Å²) < 4.78 is 0. The van der Waals surface area contributed by atoms with Crippen molar-refractivity contribution in [2.45, 2.75) is 0 Å². The predicted octanol–water partition coefficient (Wildman–Crippen LogP) is 8.86. The van der Waals surface area contributed by atoms with Gasteiger partial charge in [0.25, 0.3) is 0 Å². The van der Waals surface area contributed by atoms with Gasteiger partial charge < -0.3 is 0 Å². The Kier molecular flexibility index (Phi) is 15.2. The minimum Gasteiger partial charge on any atom is -0.248 e. The number of benzene rings is 12. The molecule has 10 heterocycles. The molecule has 0 saturated carbocycles. The van der Waals surface area contributed by atoms with E-state index < -0.39 is 0 Å². The van der Waals surface area contributed by atoms with E-state index in [1.807, 2.05) is 109 Å². The fraction of sp³-hybridized carbons (Fsp3) is 0. The summed E-state index contributed by atoms with van der Waals surface area (Å²) in [5, 5.41) is 10.7. The minimum absolute atomic E-state index is 0.811. The first-order chi connectivity index (χ1) is 41.6. The second kappa shape index (κ2) is 24.6. The van der Waals surface area contributed by atoms with Gasteiger partial charge in [-0.2, -0.15) is 0 Å². The second-order valence-corrected chi connectivity index (χ2v) is 20.2. The highest BCUT2D eigenvalue weighted by Gasteiger charge is 2.09. The molecule has 0 N–H and O–H groups in total. The first-order valence-electron chi connectivity index (χ1n) is 28.1. The average Bonchev–Trinajstić information content (AvgIpc) is 3.74. The van der Waals surface area contributed by atoms with E-state index in [1.54, 1.807) is 0 Å². The van der Waals surface area contributed by atoms with Gasteiger partial charge in [0.2, 0.25) is 0 Å². The van der Waals surface area contributed by atoms with E-state index >= 15 is 0 Å². The van der Waals surface area contributed by atoms with Crippen molar-refractivity contribution in [3.05, 3.63) is 424 Å². The van der Waals surface area contributed by atoms with Crippen LogP contribution in [0.25, 0.3) is 34.2 Å². The summed E-state index contributed by atoms with van der Waals surface area (Å²) in [4.78, 5) is 31.9. The molecule has 10 aliphatic rings. The van der Waals surface area contributed by atoms with Crippen LogP contribution in [0.1, 0.15) is 33.4 Å². The Balaban J connectivity index is 1.05. The molecule has 12 aromatic carbocycles. The molecule has 0 aliphatic carbocycles. The van der Waals surface area contributed by atoms with Crippen molar-refractivity contribution in [1.29, 1.82) is 0 Å². The lowest BCUT2D eigenvalue weighted by Gasteiger charge is -2.06. The van der Waals surface area contributed by atoms with Gasteiger partial charge in [0.15, 0.2) is 0 Å². The van der Waals surface area contributed by atoms with Gasteiger partial charge in [-0.1, -0.05) is 255 Å². The molecule has 6 nitrogen and oxygen atoms in total. The highest BCUT2D eigenvalue weighted by molar-refractivity contribution is 5.70. The Morgan fingerprint density at radius 1 is 0.119 bits per heavy atom. The molecule has 0 aromatic heterocycles. The third-order valence-electron chi connectivity index (χ3n) is 14.6. The summed E-state index contributed by atoms with van der Waals surface area (Å²) in [6.45, 7) is 0. The Hall–Kier alpha value is -11.3. The molecule has 12 aromatic rings. The molecule has 22 rings (SSSR count). The summed E-state index contributed by atoms with van der Waals surface area (Å²) in [5.41, 5.74) is 11.2. The quantitative estimate of drug-likeness (QED) is 0.160. The molecule has 0 spiro atoms. The monoisotopic (exact) mass is 1070 g/mol. The molecular weight excluding hydrogens is 1020 g/mol. The van der Waals surface area contributed by atoms with Crippen LogP contribution < -0.4 is 63.5 Å². The third kappa shape index (κ3) is 12.1. The lowest BCUT2D eigenvalue weighted by atomic mass is 10.1. The van der Waals surface area contributed by atoms with Gasteiger partial charge in [-0.25, -0.2) is 30.0 Å². The van der Waals surface area contributed by atoms with E-state index in [-0.39, 0.29) is 0 Å². The average molecular weight is 1080 g/mol. The zero-order valence-electron chi connectivity index (χ0n) is 45.9. The van der Waals surface area contributed by atoms with Crippen LogP contribution >= 0.6 is 0 Å². The van der Waals surface area contributed by atoms with Crippen LogP contribution in [-0.2, 0) is 0 Å². The maximum Gasteiger partial charge on any atom is 0.0781 e. The molecule has 0 atom stereocenters. The molecule has 12 bridgehead atoms. The van der Waals surface area contributed by atoms with Gasteiger partial charge in [-0.15, -0.1) is 0 Å². The smallest absolute Gasteiger partial charge is 0.0781 e. The normalized spacial score (nSPS) is 12.7. The largest absolute Gasteiger partial charge is 0.248 e. The van der Waals surface area contributed by atoms with E-state index in [0.29, 0.717) is 0 Å². The fourth-order valence-corrected chi connectivity index (χ4v) is 10.3. The van der Waals surface area contributed by atoms with Crippen molar-refractivity contribution in [1.82, 2.24) is 0 Å². The van der Waals surface area contributed by atoms with Crippen LogP contribution in [0.5, 0.6) is 0 Å². The van der Waals surface area contributed by atoms with Crippen LogP contribution in [0.4, 0.5) is 0 Å². The first-order valence-corrected chi connectivity index (χ1v) is 28.1. The SMILES string of the molecule is c1ccc(C2=c3ccc(cc3)=C(c3ccccc3)N=c3ccc(cc3)=NC(c3ccccc3)=c3ccc(cc3)=C(c3ccccc3)N=c3ccc(cc3)=NC(c3ccccc3)=c3ccc(cc3)=C(c3ccccc3)N=c3ccc(cc3)=N2)cc1. The molecule has 0 fully saturated rings. The molecule has 6 heteroatoms. The summed E-state index contributed by atoms with van der Waals surface area (Å²) in [5.74, 6) is 0. The van der Waals surface area contributed by atoms with Gasteiger partial charge in [0, 0.05) is 64.7 Å². The van der Waals surface area contributed by atoms with Crippen molar-refractivity contribution in [2.75, 3.05) is 0 Å². The Bertz CT molecular complexity index is 4220. The van der Waals surface area contributed by atoms with Gasteiger partial charge >= 0.3 is 0 Å². The van der Waals surface area contributed by atoms with Gasteiger partial charge in [-0.05, 0) is 72.8 Å². The molecule has 0 saturated heterocycles. The molecular formula is C78H54N6. The van der Waals surface area contributed by atoms with Crippen LogP contribution in [0, 0.1) is 0 Å². The Morgan fingerprint density at radius 2 is 0.238 bits per heavy atom. The lowest BCUT2D eigenvalue weighted by Crippen LogP contribution is -2.17. The van der Waals surface area contributed by atoms with E-state index in [9.17, 15) is 0 Å². The van der Waals surface area contributed by atoms with Crippen molar-refractivity contribution in [3.63, 3.8) is 0 Å². The molecule has 396 valence electrons. The minimum atomic E-state index is 0.811. The number of hydrogen-bond acceptors (Lipinski definition) is 6. The predicted molar refractivity (Wildman–Crippen MR) is 337 cm³/mol. The van der Waals surface area contributed by atoms with Crippen LogP contribution in [-0.4, -0.2) is 0 Å². The topological polar surface area (TPSA) is 74.2 Å². The zero-order chi connectivity index (χ0) is 56.3. The van der Waals surface area contributed by atoms with Gasteiger partial charge in [0.05, 0.1) is 66.3 Å². The standard InChI is InChI=1S/C78H54N6/c1-7-19-55(20-8-1)73-61-31-33-62(34-32-61)74(56-21-9-2-10-22-56)81-69-47-49-70(50-48-69)82-77(59-27-15-5-16-28-59)65-39-41-66(42-40-65)78(60-29-17-6-18-30-60)84-72-53-51-71(52-54-72)83-76(58-25-13-4-14-26-58)64-37-35-63(36-38-64)75(57-23-11-3-12-24-57)80-68-45-43-67(79-73)44-46-68/h1-54H. The summed E-state index contributed by atoms with van der Waals surface area (Å²) in [6, 6.07) is 112. The molecule has 10 aliphatic heterocycles. The van der Waals surface area contributed by atoms with Crippen LogP contribution in [0.3, 0.4) is 0 Å². The Labute approximate surface area is 485 Å². The lowest BCUT2D eigenvalue weighted by molar-refractivity contribution is 1.26. The second-order valence-electron chi connectivity index (χ2n) is 20.2. The van der Waals surface area contributed by atoms with Crippen molar-refractivity contribution in [2.24, 2.45) is 30.0 Å². The number of nitrogens with zero attached hydrogens (tertiary/aromatic N) is 6. The molecule has 0 amide bonds. The number of rotatable bonds is 6. The summed E-state index contributed by atoms with van der Waals surface area (Å²) >= 11 is 0. The molecule has 0 unspecified atom stereocenters. The van der Waals surface area contributed by atoms with Gasteiger partial charge in [0.1, 0.15) is 0 Å². The molecule has 0 radical (unpaired) electrons. The zero-order valence-corrected chi connectivity index (χ0v) is 45.9. The highest BCUT2D eigenvalue weighted by atomic mass is 14.8. The van der Waals surface area contributed by atoms with E-state index in [0.717, 1.165) is 131 Å². The maximum atomic E-state index is 5.32. The van der Waals surface area contributed by atoms with Crippen LogP contribution in [0.2, 0.25) is 0 Å². The third-order valence-corrected chi connectivity index (χ3v) is 14.6. The van der Waals surface area contributed by atoms with Gasteiger partial charge in [-0.3, -0.25) is 0 Å². The Morgan fingerprint density at radius 3 is 0.357 bits per heavy atom. The van der Waals surface area contributed by atoms with Crippen molar-refractivity contribution in [3.8, 4) is 0 Å². The summed E-state index contributed by atoms with van der Waals surface area (Å²) in [6.07, 6.45) is 0. The molecule has 84 heavy (non-hydrogen) atoms. The van der Waals surface area contributed by atoms with Crippen LogP contribution in [0.15, 0.2) is 358 Å². The van der Waals surface area contributed by atoms with Crippen molar-refractivity contribution < 1.29 is 0 Å². The summed E-state index contributed by atoms with van der Waals surface area (Å²) in [7, 11) is 0. The van der Waals surface area contributed by atoms with E-state index in [1.165, 1.54) is 0 Å². The first kappa shape index (κ1) is 52.1.